The van der Waals surface area contributed by atoms with Crippen molar-refractivity contribution in [2.45, 2.75) is 43.2 Å². The fourth-order valence-electron chi connectivity index (χ4n) is 3.45. The van der Waals surface area contributed by atoms with Crippen LogP contribution in [0.4, 0.5) is 0 Å². The highest BCUT2D eigenvalue weighted by Crippen LogP contribution is 2.28. The molecule has 1 aliphatic rings. The van der Waals surface area contributed by atoms with Crippen LogP contribution < -0.4 is 5.32 Å². The smallest absolute Gasteiger partial charge is 0.326 e. The van der Waals surface area contributed by atoms with E-state index in [9.17, 15) is 27.9 Å². The molecular formula is C23H26N2O6S2. The number of Topliss-reactive ketones (excluding diaryl/α,β-unsaturated/α-hetero) is 1. The summed E-state index contributed by atoms with van der Waals surface area (Å²) in [7, 11) is -3.89. The van der Waals surface area contributed by atoms with Crippen molar-refractivity contribution in [1.82, 2.24) is 9.62 Å². The lowest BCUT2D eigenvalue weighted by molar-refractivity contribution is -0.142. The maximum atomic E-state index is 13.0. The molecule has 1 heterocycles. The molecule has 0 bridgehead atoms. The number of aliphatic carboxylic acids is 1. The van der Waals surface area contributed by atoms with E-state index in [4.69, 9.17) is 0 Å². The number of carboxylic acid groups (broad SMARTS) is 1. The van der Waals surface area contributed by atoms with Crippen molar-refractivity contribution in [1.29, 1.82) is 0 Å². The molecule has 0 aromatic heterocycles. The van der Waals surface area contributed by atoms with Gasteiger partial charge in [0.15, 0.2) is 0 Å². The van der Waals surface area contributed by atoms with Crippen molar-refractivity contribution in [3.05, 3.63) is 65.7 Å². The van der Waals surface area contributed by atoms with Gasteiger partial charge in [0.2, 0.25) is 15.9 Å². The molecule has 10 heteroatoms. The summed E-state index contributed by atoms with van der Waals surface area (Å²) >= 11 is 1.30. The van der Waals surface area contributed by atoms with E-state index in [1.165, 1.54) is 23.9 Å². The van der Waals surface area contributed by atoms with Crippen LogP contribution in [0.3, 0.4) is 0 Å². The van der Waals surface area contributed by atoms with Gasteiger partial charge in [0.1, 0.15) is 17.9 Å². The van der Waals surface area contributed by atoms with Crippen LogP contribution in [0.1, 0.15) is 24.5 Å². The van der Waals surface area contributed by atoms with Gasteiger partial charge in [0.05, 0.1) is 10.8 Å². The van der Waals surface area contributed by atoms with Gasteiger partial charge in [-0.05, 0) is 23.3 Å². The van der Waals surface area contributed by atoms with Crippen LogP contribution >= 0.6 is 11.8 Å². The van der Waals surface area contributed by atoms with Gasteiger partial charge in [-0.3, -0.25) is 9.59 Å². The van der Waals surface area contributed by atoms with Crippen molar-refractivity contribution in [2.24, 2.45) is 0 Å². The van der Waals surface area contributed by atoms with Crippen LogP contribution in [0.2, 0.25) is 0 Å². The van der Waals surface area contributed by atoms with Gasteiger partial charge < -0.3 is 10.4 Å². The monoisotopic (exact) mass is 490 g/mol. The first kappa shape index (κ1) is 24.9. The largest absolute Gasteiger partial charge is 0.480 e. The Labute approximate surface area is 197 Å². The summed E-state index contributed by atoms with van der Waals surface area (Å²) in [6, 6.07) is 12.6. The number of sulfonamides is 1. The predicted octanol–water partition coefficient (Wildman–Crippen LogP) is 2.08. The summed E-state index contributed by atoms with van der Waals surface area (Å²) < 4.78 is 27.1. The molecule has 33 heavy (non-hydrogen) atoms. The molecule has 8 nitrogen and oxygen atoms in total. The van der Waals surface area contributed by atoms with E-state index < -0.39 is 34.0 Å². The first-order valence-corrected chi connectivity index (χ1v) is 13.1. The second-order valence-corrected chi connectivity index (χ2v) is 10.6. The van der Waals surface area contributed by atoms with E-state index in [1.807, 2.05) is 0 Å². The number of benzene rings is 2. The number of carbonyl (C=O) groups is 3. The van der Waals surface area contributed by atoms with Crippen LogP contribution in [-0.2, 0) is 37.2 Å². The molecule has 2 aromatic carbocycles. The highest BCUT2D eigenvalue weighted by Gasteiger charge is 2.41. The molecule has 0 spiro atoms. The highest BCUT2D eigenvalue weighted by molar-refractivity contribution is 8.00. The third-order valence-electron chi connectivity index (χ3n) is 5.37. The molecule has 0 aliphatic carbocycles. The van der Waals surface area contributed by atoms with Gasteiger partial charge in [-0.25, -0.2) is 13.2 Å². The SMILES string of the molecule is CCC(=O)Cc1ccc(CC(NC(=O)C2CSCN2S(=O)(=O)c2ccccc2)C(=O)O)cc1. The predicted molar refractivity (Wildman–Crippen MR) is 125 cm³/mol. The maximum absolute atomic E-state index is 13.0. The Balaban J connectivity index is 1.70. The van der Waals surface area contributed by atoms with E-state index in [0.29, 0.717) is 18.4 Å². The quantitative estimate of drug-likeness (QED) is 0.523. The molecular weight excluding hydrogens is 464 g/mol. The molecule has 1 fully saturated rings. The Morgan fingerprint density at radius 3 is 2.33 bits per heavy atom. The zero-order chi connectivity index (χ0) is 24.0. The molecule has 0 saturated carbocycles. The zero-order valence-electron chi connectivity index (χ0n) is 18.1. The number of ketones is 1. The fourth-order valence-corrected chi connectivity index (χ4v) is 6.62. The number of hydrogen-bond acceptors (Lipinski definition) is 6. The minimum absolute atomic E-state index is 0.0361. The van der Waals surface area contributed by atoms with Crippen LogP contribution in [0.25, 0.3) is 0 Å². The summed E-state index contributed by atoms with van der Waals surface area (Å²) in [5.41, 5.74) is 1.52. The van der Waals surface area contributed by atoms with E-state index in [1.54, 1.807) is 49.4 Å². The van der Waals surface area contributed by atoms with Gasteiger partial charge >= 0.3 is 5.97 Å². The Kier molecular flexibility index (Phi) is 8.28. The van der Waals surface area contributed by atoms with E-state index >= 15 is 0 Å². The van der Waals surface area contributed by atoms with E-state index in [-0.39, 0.29) is 28.7 Å². The lowest BCUT2D eigenvalue weighted by atomic mass is 10.0. The van der Waals surface area contributed by atoms with Crippen LogP contribution in [0.5, 0.6) is 0 Å². The fraction of sp³-hybridized carbons (Fsp3) is 0.348. The standard InChI is InChI=1S/C23H26N2O6S2/c1-2-18(26)12-16-8-10-17(11-9-16)13-20(23(28)29)24-22(27)21-14-32-15-25(21)33(30,31)19-6-4-3-5-7-19/h3-11,20-21H,2,12-15H2,1H3,(H,24,27)(H,28,29). The van der Waals surface area contributed by atoms with Gasteiger partial charge in [0, 0.05) is 25.0 Å². The third-order valence-corrected chi connectivity index (χ3v) is 8.41. The molecule has 2 atom stereocenters. The topological polar surface area (TPSA) is 121 Å². The van der Waals surface area contributed by atoms with Crippen molar-refractivity contribution in [3.63, 3.8) is 0 Å². The first-order valence-electron chi connectivity index (χ1n) is 10.5. The number of rotatable bonds is 10. The zero-order valence-corrected chi connectivity index (χ0v) is 19.8. The van der Waals surface area contributed by atoms with E-state index in [2.05, 4.69) is 5.32 Å². The average Bonchev–Trinajstić information content (AvgIpc) is 3.31. The average molecular weight is 491 g/mol. The first-order chi connectivity index (χ1) is 15.7. The second kappa shape index (κ2) is 11.0. The minimum Gasteiger partial charge on any atom is -0.480 e. The van der Waals surface area contributed by atoms with E-state index in [0.717, 1.165) is 9.87 Å². The summed E-state index contributed by atoms with van der Waals surface area (Å²) in [4.78, 5) is 36.4. The summed E-state index contributed by atoms with van der Waals surface area (Å²) in [5, 5.41) is 12.1. The maximum Gasteiger partial charge on any atom is 0.326 e. The van der Waals surface area contributed by atoms with Gasteiger partial charge in [-0.15, -0.1) is 11.8 Å². The molecule has 2 unspecified atom stereocenters. The van der Waals surface area contributed by atoms with Crippen LogP contribution in [0, 0.1) is 0 Å². The minimum atomic E-state index is -3.89. The molecule has 1 saturated heterocycles. The number of thioether (sulfide) groups is 1. The molecule has 0 radical (unpaired) electrons. The van der Waals surface area contributed by atoms with Gasteiger partial charge in [-0.2, -0.15) is 4.31 Å². The third kappa shape index (κ3) is 6.21. The summed E-state index contributed by atoms with van der Waals surface area (Å²) in [5.74, 6) is -1.38. The highest BCUT2D eigenvalue weighted by atomic mass is 32.2. The van der Waals surface area contributed by atoms with Gasteiger partial charge in [-0.1, -0.05) is 49.4 Å². The molecule has 2 N–H and O–H groups in total. The second-order valence-electron chi connectivity index (χ2n) is 7.71. The normalized spacial score (nSPS) is 17.4. The Bertz CT molecular complexity index is 1100. The molecule has 1 aliphatic heterocycles. The van der Waals surface area contributed by atoms with Crippen LogP contribution in [-0.4, -0.2) is 59.2 Å². The van der Waals surface area contributed by atoms with Gasteiger partial charge in [0.25, 0.3) is 0 Å². The van der Waals surface area contributed by atoms with Crippen molar-refractivity contribution in [2.75, 3.05) is 11.6 Å². The van der Waals surface area contributed by atoms with Crippen molar-refractivity contribution >= 4 is 39.4 Å². The van der Waals surface area contributed by atoms with Crippen molar-refractivity contribution < 1.29 is 27.9 Å². The lowest BCUT2D eigenvalue weighted by Gasteiger charge is -2.24. The number of carboxylic acids is 1. The lowest BCUT2D eigenvalue weighted by Crippen LogP contribution is -2.52. The number of amides is 1. The van der Waals surface area contributed by atoms with Crippen LogP contribution in [0.15, 0.2) is 59.5 Å². The van der Waals surface area contributed by atoms with Crippen molar-refractivity contribution in [3.8, 4) is 0 Å². The Morgan fingerprint density at radius 1 is 1.09 bits per heavy atom. The number of carbonyl (C=O) groups excluding carboxylic acids is 2. The number of nitrogens with one attached hydrogen (secondary N) is 1. The Morgan fingerprint density at radius 2 is 1.73 bits per heavy atom. The number of hydrogen-bond donors (Lipinski definition) is 2. The summed E-state index contributed by atoms with van der Waals surface area (Å²) in [6.07, 6.45) is 0.806. The molecule has 2 aromatic rings. The molecule has 3 rings (SSSR count). The molecule has 1 amide bonds. The molecule has 176 valence electrons. The Hall–Kier alpha value is -2.69. The summed E-state index contributed by atoms with van der Waals surface area (Å²) in [6.45, 7) is 1.80. The number of nitrogens with zero attached hydrogens (tertiary/aromatic N) is 1.